The largest absolute Gasteiger partial charge is 1.00 e. The van der Waals surface area contributed by atoms with Gasteiger partial charge in [0.05, 0.1) is 8.07 Å². The van der Waals surface area contributed by atoms with E-state index in [-0.39, 0.29) is 18.9 Å². The van der Waals surface area contributed by atoms with E-state index in [1.807, 2.05) is 0 Å². The van der Waals surface area contributed by atoms with E-state index in [0.29, 0.717) is 0 Å². The molecule has 0 aromatic heterocycles. The standard InChI is InChI=1S/C8H13Si.Li/c1-9(2,3)8-6-4-5-7-8;/h4-7H,1-3H3;/q;+1. The maximum Gasteiger partial charge on any atom is 1.00 e. The Kier molecular flexibility index (Phi) is 4.32. The molecule has 0 aromatic carbocycles. The fourth-order valence-electron chi connectivity index (χ4n) is 0.874. The topological polar surface area (TPSA) is 0 Å². The van der Waals surface area contributed by atoms with Gasteiger partial charge < -0.3 is 0 Å². The zero-order valence-corrected chi connectivity index (χ0v) is 8.31. The maximum atomic E-state index is 2.36. The molecule has 0 aromatic rings. The van der Waals surface area contributed by atoms with Crippen LogP contribution < -0.4 is 18.9 Å². The van der Waals surface area contributed by atoms with E-state index in [1.54, 1.807) is 5.54 Å². The molecule has 0 atom stereocenters. The molecule has 0 heterocycles. The van der Waals surface area contributed by atoms with Crippen molar-refractivity contribution in [3.63, 3.8) is 0 Å². The van der Waals surface area contributed by atoms with Crippen LogP contribution in [0.3, 0.4) is 0 Å². The third-order valence-corrected chi connectivity index (χ3v) is 3.59. The smallest absolute Gasteiger partial charge is 0.0691 e. The number of hydrogen-bond donors (Lipinski definition) is 0. The fourth-order valence-corrected chi connectivity index (χ4v) is 2.07. The van der Waals surface area contributed by atoms with E-state index in [9.17, 15) is 0 Å². The summed E-state index contributed by atoms with van der Waals surface area (Å²) in [4.78, 5) is 0. The first-order valence-corrected chi connectivity index (χ1v) is 6.83. The molecule has 0 saturated heterocycles. The Hall–Kier alpha value is 0.814. The first-order chi connectivity index (χ1) is 4.11. The molecule has 0 bridgehead atoms. The molecular formula is C8H13LiSi+. The predicted octanol–water partition coefficient (Wildman–Crippen LogP) is -0.727. The fraction of sp³-hybridized carbons (Fsp3) is 0.375. The van der Waals surface area contributed by atoms with Crippen molar-refractivity contribution in [2.45, 2.75) is 19.6 Å². The molecule has 1 aliphatic rings. The van der Waals surface area contributed by atoms with E-state index >= 15 is 0 Å². The van der Waals surface area contributed by atoms with Gasteiger partial charge in [0.1, 0.15) is 0 Å². The molecule has 0 N–H and O–H groups in total. The van der Waals surface area contributed by atoms with Crippen LogP contribution >= 0.6 is 0 Å². The van der Waals surface area contributed by atoms with Crippen LogP contribution in [-0.4, -0.2) is 8.07 Å². The van der Waals surface area contributed by atoms with Gasteiger partial charge in [-0.2, -0.15) is 0 Å². The Bertz CT molecular complexity index is 89.9. The number of hydrogen-bond acceptors (Lipinski definition) is 0. The second-order valence-corrected chi connectivity index (χ2v) is 8.50. The average Bonchev–Trinajstić information content (AvgIpc) is 2.08. The van der Waals surface area contributed by atoms with Gasteiger partial charge in [-0.1, -0.05) is 19.6 Å². The van der Waals surface area contributed by atoms with Crippen molar-refractivity contribution in [2.24, 2.45) is 0 Å². The molecule has 2 heteroatoms. The van der Waals surface area contributed by atoms with Gasteiger partial charge in [-0.25, -0.2) is 0 Å². The molecule has 1 saturated carbocycles. The molecule has 0 unspecified atom stereocenters. The van der Waals surface area contributed by atoms with Crippen LogP contribution in [0.1, 0.15) is 0 Å². The molecule has 49 valence electrons. The van der Waals surface area contributed by atoms with Gasteiger partial charge in [0.25, 0.3) is 0 Å². The van der Waals surface area contributed by atoms with Crippen molar-refractivity contribution in [1.82, 2.24) is 0 Å². The van der Waals surface area contributed by atoms with Gasteiger partial charge in [0.2, 0.25) is 0 Å². The van der Waals surface area contributed by atoms with Crippen LogP contribution in [0.2, 0.25) is 19.6 Å². The Morgan fingerprint density at radius 2 is 1.40 bits per heavy atom. The van der Waals surface area contributed by atoms with E-state index in [4.69, 9.17) is 0 Å². The van der Waals surface area contributed by atoms with Crippen LogP contribution in [0.25, 0.3) is 0 Å². The Labute approximate surface area is 78.0 Å². The molecule has 0 amide bonds. The molecule has 0 spiro atoms. The molecule has 1 fully saturated rings. The van der Waals surface area contributed by atoms with E-state index in [0.717, 1.165) is 0 Å². The maximum absolute atomic E-state index is 2.36. The summed E-state index contributed by atoms with van der Waals surface area (Å²) in [6, 6.07) is 0. The summed E-state index contributed by atoms with van der Waals surface area (Å²) < 4.78 is 0. The summed E-state index contributed by atoms with van der Waals surface area (Å²) in [7, 11) is -0.981. The van der Waals surface area contributed by atoms with Gasteiger partial charge in [0.15, 0.2) is 0 Å². The summed E-state index contributed by atoms with van der Waals surface area (Å²) in [5, 5.41) is 0. The van der Waals surface area contributed by atoms with Crippen LogP contribution in [0.5, 0.6) is 0 Å². The second-order valence-electron chi connectivity index (χ2n) is 3.42. The Morgan fingerprint density at radius 1 is 1.00 bits per heavy atom. The summed E-state index contributed by atoms with van der Waals surface area (Å²) in [5.74, 6) is 0. The molecule has 0 nitrogen and oxygen atoms in total. The first-order valence-electron chi connectivity index (χ1n) is 3.33. The van der Waals surface area contributed by atoms with Crippen LogP contribution in [-0.2, 0) is 0 Å². The molecule has 5 radical (unpaired) electrons. The minimum Gasteiger partial charge on any atom is -0.0691 e. The quantitative estimate of drug-likeness (QED) is 0.426. The van der Waals surface area contributed by atoms with Gasteiger partial charge >= 0.3 is 18.9 Å². The van der Waals surface area contributed by atoms with Crippen LogP contribution in [0.15, 0.2) is 0 Å². The van der Waals surface area contributed by atoms with Gasteiger partial charge in [-0.15, -0.1) is 0 Å². The minimum absolute atomic E-state index is 0. The van der Waals surface area contributed by atoms with Crippen molar-refractivity contribution in [3.05, 3.63) is 31.2 Å². The summed E-state index contributed by atoms with van der Waals surface area (Å²) in [6.07, 6.45) is 8.69. The average molecular weight is 144 g/mol. The normalized spacial score (nSPS) is 20.7. The monoisotopic (exact) mass is 144 g/mol. The molecule has 1 aliphatic carbocycles. The van der Waals surface area contributed by atoms with Crippen molar-refractivity contribution in [1.29, 1.82) is 0 Å². The van der Waals surface area contributed by atoms with Crippen molar-refractivity contribution >= 4 is 8.07 Å². The first kappa shape index (κ1) is 10.8. The van der Waals surface area contributed by atoms with E-state index < -0.39 is 8.07 Å². The third-order valence-electron chi connectivity index (χ3n) is 1.53. The summed E-state index contributed by atoms with van der Waals surface area (Å²) >= 11 is 0. The molecular weight excluding hydrogens is 131 g/mol. The number of rotatable bonds is 1. The molecule has 1 rings (SSSR count). The zero-order valence-electron chi connectivity index (χ0n) is 7.31. The SMILES string of the molecule is C[Si](C)(C)[C]1[CH][CH][CH][CH]1.[Li+]. The molecule has 10 heavy (non-hydrogen) atoms. The zero-order chi connectivity index (χ0) is 6.91. The van der Waals surface area contributed by atoms with Gasteiger partial charge in [0, 0.05) is 0 Å². The minimum atomic E-state index is -0.981. The van der Waals surface area contributed by atoms with Crippen molar-refractivity contribution in [3.8, 4) is 0 Å². The van der Waals surface area contributed by atoms with Gasteiger partial charge in [-0.3, -0.25) is 0 Å². The molecule has 0 aliphatic heterocycles. The van der Waals surface area contributed by atoms with E-state index in [1.165, 1.54) is 0 Å². The van der Waals surface area contributed by atoms with E-state index in [2.05, 4.69) is 45.3 Å². The summed E-state index contributed by atoms with van der Waals surface area (Å²) in [6.45, 7) is 7.09. The predicted molar refractivity (Wildman–Crippen MR) is 43.8 cm³/mol. The van der Waals surface area contributed by atoms with Crippen LogP contribution in [0.4, 0.5) is 0 Å². The van der Waals surface area contributed by atoms with Crippen molar-refractivity contribution < 1.29 is 18.9 Å². The third kappa shape index (κ3) is 2.82. The second kappa shape index (κ2) is 4.00. The Morgan fingerprint density at radius 3 is 1.60 bits per heavy atom. The van der Waals surface area contributed by atoms with Gasteiger partial charge in [-0.05, 0) is 31.2 Å². The Balaban J connectivity index is 0.000000810. The van der Waals surface area contributed by atoms with Crippen LogP contribution in [0, 0.1) is 31.2 Å². The van der Waals surface area contributed by atoms with Crippen molar-refractivity contribution in [2.75, 3.05) is 0 Å². The summed E-state index contributed by atoms with van der Waals surface area (Å²) in [5.41, 5.74) is 1.56.